The minimum atomic E-state index is 0.399. The Morgan fingerprint density at radius 2 is 2.00 bits per heavy atom. The fourth-order valence-corrected chi connectivity index (χ4v) is 3.51. The molecule has 3 heteroatoms. The molecule has 0 bridgehead atoms. The molecule has 0 radical (unpaired) electrons. The van der Waals surface area contributed by atoms with Gasteiger partial charge >= 0.3 is 0 Å². The quantitative estimate of drug-likeness (QED) is 0.589. The van der Waals surface area contributed by atoms with Gasteiger partial charge in [0.25, 0.3) is 0 Å². The molecule has 1 saturated heterocycles. The Kier molecular flexibility index (Phi) is 9.54. The van der Waals surface area contributed by atoms with E-state index in [4.69, 9.17) is 4.74 Å². The maximum Gasteiger partial charge on any atom is 0.0702 e. The lowest BCUT2D eigenvalue weighted by molar-refractivity contribution is -0.0111. The van der Waals surface area contributed by atoms with Crippen molar-refractivity contribution >= 4 is 0 Å². The van der Waals surface area contributed by atoms with Crippen molar-refractivity contribution in [2.45, 2.75) is 72.3 Å². The van der Waals surface area contributed by atoms with Gasteiger partial charge in [0, 0.05) is 26.2 Å². The largest absolute Gasteiger partial charge is 0.377 e. The van der Waals surface area contributed by atoms with Crippen molar-refractivity contribution < 1.29 is 4.74 Å². The summed E-state index contributed by atoms with van der Waals surface area (Å²) >= 11 is 0. The van der Waals surface area contributed by atoms with E-state index in [0.717, 1.165) is 32.7 Å². The number of ether oxygens (including phenoxy) is 1. The zero-order valence-electron chi connectivity index (χ0n) is 14.9. The summed E-state index contributed by atoms with van der Waals surface area (Å²) in [4.78, 5) is 2.65. The molecular formula is C18H38N2O. The summed E-state index contributed by atoms with van der Waals surface area (Å²) in [5.74, 6) is 0. The lowest BCUT2D eigenvalue weighted by atomic mass is 9.84. The molecule has 0 aliphatic carbocycles. The molecule has 1 N–H and O–H groups in total. The minimum absolute atomic E-state index is 0.399. The molecule has 0 spiro atoms. The number of likely N-dealkylation sites (tertiary alicyclic amines) is 1. The van der Waals surface area contributed by atoms with Gasteiger partial charge in [-0.25, -0.2) is 0 Å². The minimum Gasteiger partial charge on any atom is -0.377 e. The number of piperidine rings is 1. The van der Waals surface area contributed by atoms with Gasteiger partial charge in [0.05, 0.1) is 6.10 Å². The van der Waals surface area contributed by atoms with E-state index in [0.29, 0.717) is 11.5 Å². The SMILES string of the molecule is CCCNCC(C)(CCC)CN1CCCC(OCCC)C1. The van der Waals surface area contributed by atoms with Gasteiger partial charge in [-0.2, -0.15) is 0 Å². The second-order valence-electron chi connectivity index (χ2n) is 7.11. The van der Waals surface area contributed by atoms with E-state index in [-0.39, 0.29) is 0 Å². The summed E-state index contributed by atoms with van der Waals surface area (Å²) in [6.07, 6.45) is 7.93. The third-order valence-electron chi connectivity index (χ3n) is 4.46. The molecule has 1 aliphatic heterocycles. The number of hydrogen-bond acceptors (Lipinski definition) is 3. The Balaban J connectivity index is 2.44. The molecule has 2 unspecified atom stereocenters. The fourth-order valence-electron chi connectivity index (χ4n) is 3.51. The highest BCUT2D eigenvalue weighted by molar-refractivity contribution is 4.84. The molecule has 1 rings (SSSR count). The van der Waals surface area contributed by atoms with Crippen molar-refractivity contribution in [3.05, 3.63) is 0 Å². The van der Waals surface area contributed by atoms with E-state index in [9.17, 15) is 0 Å². The predicted molar refractivity (Wildman–Crippen MR) is 91.9 cm³/mol. The van der Waals surface area contributed by atoms with Crippen molar-refractivity contribution in [3.63, 3.8) is 0 Å². The lowest BCUT2D eigenvalue weighted by Crippen LogP contribution is -2.47. The van der Waals surface area contributed by atoms with Gasteiger partial charge in [0.1, 0.15) is 0 Å². The number of nitrogens with zero attached hydrogens (tertiary/aromatic N) is 1. The first-order valence-corrected chi connectivity index (χ1v) is 9.18. The summed E-state index contributed by atoms with van der Waals surface area (Å²) in [6, 6.07) is 0. The molecule has 1 aliphatic rings. The van der Waals surface area contributed by atoms with Crippen LogP contribution >= 0.6 is 0 Å². The van der Waals surface area contributed by atoms with E-state index in [2.05, 4.69) is 37.9 Å². The van der Waals surface area contributed by atoms with Gasteiger partial charge in [-0.1, -0.05) is 34.1 Å². The Hall–Kier alpha value is -0.120. The molecule has 0 aromatic heterocycles. The van der Waals surface area contributed by atoms with Crippen molar-refractivity contribution in [2.24, 2.45) is 5.41 Å². The first-order valence-electron chi connectivity index (χ1n) is 9.18. The van der Waals surface area contributed by atoms with Gasteiger partial charge < -0.3 is 15.0 Å². The van der Waals surface area contributed by atoms with Crippen molar-refractivity contribution in [2.75, 3.05) is 39.3 Å². The highest BCUT2D eigenvalue weighted by atomic mass is 16.5. The zero-order valence-corrected chi connectivity index (χ0v) is 14.9. The average Bonchev–Trinajstić information content (AvgIpc) is 2.46. The molecule has 1 heterocycles. The van der Waals surface area contributed by atoms with Crippen LogP contribution in [0.5, 0.6) is 0 Å². The molecule has 0 aromatic rings. The molecule has 0 amide bonds. The van der Waals surface area contributed by atoms with E-state index in [1.807, 2.05) is 0 Å². The van der Waals surface area contributed by atoms with Gasteiger partial charge in [-0.15, -0.1) is 0 Å². The van der Waals surface area contributed by atoms with Crippen LogP contribution in [0.25, 0.3) is 0 Å². The zero-order chi connectivity index (χ0) is 15.6. The maximum absolute atomic E-state index is 5.98. The Labute approximate surface area is 132 Å². The monoisotopic (exact) mass is 298 g/mol. The molecule has 0 aromatic carbocycles. The van der Waals surface area contributed by atoms with Gasteiger partial charge in [-0.05, 0) is 50.6 Å². The standard InChI is InChI=1S/C18H38N2O/c1-5-10-18(4,15-19-11-6-2)16-20-12-8-9-17(14-20)21-13-7-3/h17,19H,5-16H2,1-4H3. The van der Waals surface area contributed by atoms with Crippen molar-refractivity contribution in [3.8, 4) is 0 Å². The normalized spacial score (nSPS) is 23.1. The highest BCUT2D eigenvalue weighted by Gasteiger charge is 2.29. The first kappa shape index (κ1) is 18.9. The van der Waals surface area contributed by atoms with Gasteiger partial charge in [0.15, 0.2) is 0 Å². The molecule has 0 saturated carbocycles. The van der Waals surface area contributed by atoms with Crippen LogP contribution in [0.1, 0.15) is 66.2 Å². The van der Waals surface area contributed by atoms with E-state index < -0.39 is 0 Å². The summed E-state index contributed by atoms with van der Waals surface area (Å²) in [5, 5.41) is 3.64. The molecule has 1 fully saturated rings. The lowest BCUT2D eigenvalue weighted by Gasteiger charge is -2.40. The van der Waals surface area contributed by atoms with Crippen LogP contribution in [0.3, 0.4) is 0 Å². The summed E-state index contributed by atoms with van der Waals surface area (Å²) < 4.78 is 5.98. The Morgan fingerprint density at radius 3 is 2.67 bits per heavy atom. The van der Waals surface area contributed by atoms with Crippen LogP contribution in [0.4, 0.5) is 0 Å². The van der Waals surface area contributed by atoms with Crippen LogP contribution in [0.2, 0.25) is 0 Å². The molecule has 126 valence electrons. The predicted octanol–water partition coefficient (Wildman–Crippen LogP) is 3.68. The highest BCUT2D eigenvalue weighted by Crippen LogP contribution is 2.26. The average molecular weight is 299 g/mol. The van der Waals surface area contributed by atoms with Crippen LogP contribution in [0.15, 0.2) is 0 Å². The Bertz CT molecular complexity index is 260. The fraction of sp³-hybridized carbons (Fsp3) is 1.00. The van der Waals surface area contributed by atoms with Crippen LogP contribution in [-0.2, 0) is 4.74 Å². The smallest absolute Gasteiger partial charge is 0.0702 e. The number of rotatable bonds is 11. The van der Waals surface area contributed by atoms with Crippen LogP contribution in [-0.4, -0.2) is 50.3 Å². The van der Waals surface area contributed by atoms with E-state index in [1.54, 1.807) is 0 Å². The van der Waals surface area contributed by atoms with Gasteiger partial charge in [-0.3, -0.25) is 0 Å². The second kappa shape index (κ2) is 10.6. The van der Waals surface area contributed by atoms with Gasteiger partial charge in [0.2, 0.25) is 0 Å². The number of nitrogens with one attached hydrogen (secondary N) is 1. The maximum atomic E-state index is 5.98. The van der Waals surface area contributed by atoms with E-state index in [1.165, 1.54) is 45.2 Å². The molecule has 21 heavy (non-hydrogen) atoms. The topological polar surface area (TPSA) is 24.5 Å². The van der Waals surface area contributed by atoms with Crippen LogP contribution in [0, 0.1) is 5.41 Å². The first-order chi connectivity index (χ1) is 10.1. The van der Waals surface area contributed by atoms with Crippen molar-refractivity contribution in [1.29, 1.82) is 0 Å². The Morgan fingerprint density at radius 1 is 1.19 bits per heavy atom. The summed E-state index contributed by atoms with van der Waals surface area (Å²) in [5.41, 5.74) is 0.399. The second-order valence-corrected chi connectivity index (χ2v) is 7.11. The molecule has 2 atom stereocenters. The molecular weight excluding hydrogens is 260 g/mol. The van der Waals surface area contributed by atoms with E-state index >= 15 is 0 Å². The third kappa shape index (κ3) is 7.62. The summed E-state index contributed by atoms with van der Waals surface area (Å²) in [7, 11) is 0. The number of hydrogen-bond donors (Lipinski definition) is 1. The van der Waals surface area contributed by atoms with Crippen LogP contribution < -0.4 is 5.32 Å². The third-order valence-corrected chi connectivity index (χ3v) is 4.46. The van der Waals surface area contributed by atoms with Crippen molar-refractivity contribution in [1.82, 2.24) is 10.2 Å². The summed E-state index contributed by atoms with van der Waals surface area (Å²) in [6.45, 7) is 16.0. The molecule has 3 nitrogen and oxygen atoms in total.